The molecule has 0 spiro atoms. The average molecular weight is 248 g/mol. The lowest BCUT2D eigenvalue weighted by Gasteiger charge is -2.10. The number of alkyl halides is 3. The number of hydrogen-bond acceptors (Lipinski definition) is 3. The van der Waals surface area contributed by atoms with E-state index in [-0.39, 0.29) is 13.2 Å². The Labute approximate surface area is 91.5 Å². The van der Waals surface area contributed by atoms with Crippen LogP contribution in [-0.2, 0) is 9.47 Å². The Morgan fingerprint density at radius 2 is 2.00 bits per heavy atom. The van der Waals surface area contributed by atoms with Gasteiger partial charge in [0.25, 0.3) is 0 Å². The summed E-state index contributed by atoms with van der Waals surface area (Å²) < 4.78 is 7.42. The fourth-order valence-electron chi connectivity index (χ4n) is 0.395. The molecule has 0 fully saturated rings. The number of rotatable bonds is 3. The molecule has 0 aromatic heterocycles. The van der Waals surface area contributed by atoms with Gasteiger partial charge in [-0.05, 0) is 6.92 Å². The summed E-state index contributed by atoms with van der Waals surface area (Å²) in [6.45, 7) is 1.62. The third-order valence-corrected chi connectivity index (χ3v) is 1.21. The monoisotopic (exact) mass is 246 g/mol. The molecule has 0 unspecified atom stereocenters. The van der Waals surface area contributed by atoms with Crippen LogP contribution in [0.4, 0.5) is 4.79 Å². The minimum Gasteiger partial charge on any atom is -0.430 e. The Bertz CT molecular complexity index is 186. The highest BCUT2D eigenvalue weighted by Crippen LogP contribution is 2.25. The number of allylic oxidation sites excluding steroid dienone is 1. The van der Waals surface area contributed by atoms with E-state index < -0.39 is 9.95 Å². The van der Waals surface area contributed by atoms with Gasteiger partial charge in [0.05, 0.1) is 0 Å². The first kappa shape index (κ1) is 12.9. The zero-order valence-corrected chi connectivity index (χ0v) is 9.20. The predicted octanol–water partition coefficient (Wildman–Crippen LogP) is 3.09. The smallest absolute Gasteiger partial charge is 0.430 e. The van der Waals surface area contributed by atoms with Crippen LogP contribution in [0.15, 0.2) is 12.2 Å². The average Bonchev–Trinajstić information content (AvgIpc) is 2.00. The normalized spacial score (nSPS) is 11.7. The molecule has 0 bridgehead atoms. The van der Waals surface area contributed by atoms with Crippen LogP contribution in [0.25, 0.3) is 0 Å². The molecule has 6 heteroatoms. The molecule has 0 heterocycles. The van der Waals surface area contributed by atoms with E-state index in [1.807, 2.05) is 0 Å². The van der Waals surface area contributed by atoms with Crippen LogP contribution in [0.1, 0.15) is 6.92 Å². The maximum Gasteiger partial charge on any atom is 0.508 e. The maximum atomic E-state index is 10.7. The first-order valence-electron chi connectivity index (χ1n) is 3.43. The summed E-state index contributed by atoms with van der Waals surface area (Å²) in [4.78, 5) is 10.7. The van der Waals surface area contributed by atoms with Gasteiger partial charge in [-0.1, -0.05) is 47.0 Å². The lowest BCUT2D eigenvalue weighted by atomic mass is 10.6. The summed E-state index contributed by atoms with van der Waals surface area (Å²) in [7, 11) is 0. The summed E-state index contributed by atoms with van der Waals surface area (Å²) in [5.74, 6) is 0. The van der Waals surface area contributed by atoms with Gasteiger partial charge >= 0.3 is 6.16 Å². The molecule has 0 saturated heterocycles. The van der Waals surface area contributed by atoms with Crippen LogP contribution in [0.2, 0.25) is 0 Å². The standard InChI is InChI=1S/C7H9Cl3O3/c1-2-3-4-12-6(11)13-5-7(8,9)10/h2-3H,4-5H2,1H3/b3-2+. The minimum absolute atomic E-state index is 0.148. The van der Waals surface area contributed by atoms with Crippen molar-refractivity contribution < 1.29 is 14.3 Å². The van der Waals surface area contributed by atoms with Crippen molar-refractivity contribution in [2.75, 3.05) is 13.2 Å². The quantitative estimate of drug-likeness (QED) is 0.437. The second-order valence-corrected chi connectivity index (χ2v) is 4.55. The molecular formula is C7H9Cl3O3. The lowest BCUT2D eigenvalue weighted by Crippen LogP contribution is -2.18. The molecular weight excluding hydrogens is 238 g/mol. The van der Waals surface area contributed by atoms with Crippen LogP contribution in [0, 0.1) is 0 Å². The molecule has 0 aromatic carbocycles. The molecule has 0 aliphatic rings. The lowest BCUT2D eigenvalue weighted by molar-refractivity contribution is 0.0646. The van der Waals surface area contributed by atoms with Crippen LogP contribution in [-0.4, -0.2) is 23.2 Å². The number of hydrogen-bond donors (Lipinski definition) is 0. The van der Waals surface area contributed by atoms with Crippen LogP contribution < -0.4 is 0 Å². The van der Waals surface area contributed by atoms with Gasteiger partial charge in [0.15, 0.2) is 0 Å². The van der Waals surface area contributed by atoms with E-state index >= 15 is 0 Å². The van der Waals surface area contributed by atoms with E-state index in [0.29, 0.717) is 0 Å². The van der Waals surface area contributed by atoms with Crippen molar-refractivity contribution >= 4 is 41.0 Å². The Balaban J connectivity index is 3.52. The van der Waals surface area contributed by atoms with E-state index in [0.717, 1.165) is 0 Å². The second-order valence-electron chi connectivity index (χ2n) is 2.03. The molecule has 0 rings (SSSR count). The molecule has 0 amide bonds. The topological polar surface area (TPSA) is 35.5 Å². The van der Waals surface area contributed by atoms with Crippen LogP contribution >= 0.6 is 34.8 Å². The number of carbonyl (C=O) groups is 1. The first-order chi connectivity index (χ1) is 5.95. The van der Waals surface area contributed by atoms with E-state index in [1.165, 1.54) is 0 Å². The number of halogens is 3. The van der Waals surface area contributed by atoms with Gasteiger partial charge in [0.2, 0.25) is 3.79 Å². The van der Waals surface area contributed by atoms with Crippen molar-refractivity contribution in [2.45, 2.75) is 10.7 Å². The zero-order chi connectivity index (χ0) is 10.3. The summed E-state index contributed by atoms with van der Waals surface area (Å²) in [5.41, 5.74) is 0. The maximum absolute atomic E-state index is 10.7. The molecule has 0 radical (unpaired) electrons. The molecule has 0 aliphatic carbocycles. The second kappa shape index (κ2) is 6.35. The van der Waals surface area contributed by atoms with Crippen LogP contribution in [0.5, 0.6) is 0 Å². The molecule has 0 N–H and O–H groups in total. The van der Waals surface area contributed by atoms with E-state index in [9.17, 15) is 4.79 Å². The molecule has 0 aliphatic heterocycles. The fraction of sp³-hybridized carbons (Fsp3) is 0.571. The van der Waals surface area contributed by atoms with Gasteiger partial charge in [0.1, 0.15) is 13.2 Å². The van der Waals surface area contributed by atoms with E-state index in [2.05, 4.69) is 9.47 Å². The predicted molar refractivity (Wildman–Crippen MR) is 52.4 cm³/mol. The summed E-state index contributed by atoms with van der Waals surface area (Å²) >= 11 is 16.0. The Kier molecular flexibility index (Phi) is 6.29. The highest BCUT2D eigenvalue weighted by Gasteiger charge is 2.22. The molecule has 76 valence electrons. The highest BCUT2D eigenvalue weighted by atomic mass is 35.6. The van der Waals surface area contributed by atoms with Gasteiger partial charge in [-0.3, -0.25) is 0 Å². The third kappa shape index (κ3) is 9.80. The van der Waals surface area contributed by atoms with Crippen molar-refractivity contribution in [2.24, 2.45) is 0 Å². The van der Waals surface area contributed by atoms with Crippen molar-refractivity contribution in [1.82, 2.24) is 0 Å². The largest absolute Gasteiger partial charge is 0.508 e. The first-order valence-corrected chi connectivity index (χ1v) is 4.56. The van der Waals surface area contributed by atoms with E-state index in [4.69, 9.17) is 34.8 Å². The van der Waals surface area contributed by atoms with Gasteiger partial charge in [0, 0.05) is 0 Å². The van der Waals surface area contributed by atoms with Crippen molar-refractivity contribution in [3.63, 3.8) is 0 Å². The Morgan fingerprint density at radius 3 is 2.46 bits per heavy atom. The van der Waals surface area contributed by atoms with Gasteiger partial charge in [-0.25, -0.2) is 4.79 Å². The Morgan fingerprint density at radius 1 is 1.38 bits per heavy atom. The van der Waals surface area contributed by atoms with Gasteiger partial charge in [-0.2, -0.15) is 0 Å². The summed E-state index contributed by atoms with van der Waals surface area (Å²) in [6.07, 6.45) is 2.53. The molecule has 3 nitrogen and oxygen atoms in total. The van der Waals surface area contributed by atoms with Crippen LogP contribution in [0.3, 0.4) is 0 Å². The summed E-state index contributed by atoms with van der Waals surface area (Å²) in [6, 6.07) is 0. The van der Waals surface area contributed by atoms with Crippen molar-refractivity contribution in [3.05, 3.63) is 12.2 Å². The van der Waals surface area contributed by atoms with E-state index in [1.54, 1.807) is 19.1 Å². The number of carbonyl (C=O) groups excluding carboxylic acids is 1. The number of ether oxygens (including phenoxy) is 2. The molecule has 0 atom stereocenters. The van der Waals surface area contributed by atoms with Crippen molar-refractivity contribution in [1.29, 1.82) is 0 Å². The van der Waals surface area contributed by atoms with Crippen molar-refractivity contribution in [3.8, 4) is 0 Å². The third-order valence-electron chi connectivity index (χ3n) is 0.887. The van der Waals surface area contributed by atoms with Gasteiger partial charge < -0.3 is 9.47 Å². The summed E-state index contributed by atoms with van der Waals surface area (Å²) in [5, 5.41) is 0. The fourth-order valence-corrected chi connectivity index (χ4v) is 0.558. The SMILES string of the molecule is C/C=C/COC(=O)OCC(Cl)(Cl)Cl. The van der Waals surface area contributed by atoms with Gasteiger partial charge in [-0.15, -0.1) is 0 Å². The zero-order valence-electron chi connectivity index (χ0n) is 6.93. The minimum atomic E-state index is -1.60. The molecule has 13 heavy (non-hydrogen) atoms. The molecule has 0 saturated carbocycles. The highest BCUT2D eigenvalue weighted by molar-refractivity contribution is 6.67. The molecule has 0 aromatic rings. The Hall–Kier alpha value is -0.120.